The van der Waals surface area contributed by atoms with Crippen LogP contribution in [0.2, 0.25) is 0 Å². The first kappa shape index (κ1) is 20.0. The van der Waals surface area contributed by atoms with E-state index in [-0.39, 0.29) is 5.91 Å². The van der Waals surface area contributed by atoms with Crippen LogP contribution < -0.4 is 19.7 Å². The number of amides is 1. The zero-order valence-electron chi connectivity index (χ0n) is 16.4. The SMILES string of the molecule is CCOc1ccc(OCCCC(=O)Nc2ccccc2N2CCOCC2)cc1. The minimum atomic E-state index is -0.00370. The van der Waals surface area contributed by atoms with Crippen molar-refractivity contribution in [1.82, 2.24) is 0 Å². The van der Waals surface area contributed by atoms with Gasteiger partial charge in [-0.15, -0.1) is 0 Å². The Morgan fingerprint density at radius 2 is 1.71 bits per heavy atom. The highest BCUT2D eigenvalue weighted by Gasteiger charge is 2.15. The summed E-state index contributed by atoms with van der Waals surface area (Å²) >= 11 is 0. The van der Waals surface area contributed by atoms with Crippen molar-refractivity contribution < 1.29 is 19.0 Å². The van der Waals surface area contributed by atoms with Crippen molar-refractivity contribution in [2.75, 3.05) is 49.7 Å². The van der Waals surface area contributed by atoms with Crippen molar-refractivity contribution in [3.05, 3.63) is 48.5 Å². The Balaban J connectivity index is 1.43. The van der Waals surface area contributed by atoms with Gasteiger partial charge in [0, 0.05) is 19.5 Å². The first-order valence-electron chi connectivity index (χ1n) is 9.83. The molecule has 1 heterocycles. The molecular weight excluding hydrogens is 356 g/mol. The van der Waals surface area contributed by atoms with E-state index in [0.29, 0.717) is 39.3 Å². The van der Waals surface area contributed by atoms with E-state index in [4.69, 9.17) is 14.2 Å². The summed E-state index contributed by atoms with van der Waals surface area (Å²) in [5.41, 5.74) is 1.90. The van der Waals surface area contributed by atoms with Crippen LogP contribution in [-0.2, 0) is 9.53 Å². The highest BCUT2D eigenvalue weighted by atomic mass is 16.5. The summed E-state index contributed by atoms with van der Waals surface area (Å²) in [4.78, 5) is 14.6. The van der Waals surface area contributed by atoms with Crippen molar-refractivity contribution >= 4 is 17.3 Å². The summed E-state index contributed by atoms with van der Waals surface area (Å²) in [6.07, 6.45) is 1.06. The summed E-state index contributed by atoms with van der Waals surface area (Å²) in [7, 11) is 0. The Kier molecular flexibility index (Phi) is 7.55. The molecular formula is C22H28N2O4. The van der Waals surface area contributed by atoms with Crippen molar-refractivity contribution in [2.24, 2.45) is 0 Å². The van der Waals surface area contributed by atoms with Gasteiger partial charge in [0.1, 0.15) is 11.5 Å². The monoisotopic (exact) mass is 384 g/mol. The van der Waals surface area contributed by atoms with E-state index in [0.717, 1.165) is 36.0 Å². The summed E-state index contributed by atoms with van der Waals surface area (Å²) in [5.74, 6) is 1.60. The van der Waals surface area contributed by atoms with E-state index >= 15 is 0 Å². The number of para-hydroxylation sites is 2. The number of nitrogens with one attached hydrogen (secondary N) is 1. The Labute approximate surface area is 166 Å². The molecule has 28 heavy (non-hydrogen) atoms. The molecule has 2 aromatic carbocycles. The fraction of sp³-hybridized carbons (Fsp3) is 0.409. The number of hydrogen-bond acceptors (Lipinski definition) is 5. The van der Waals surface area contributed by atoms with Crippen molar-refractivity contribution in [1.29, 1.82) is 0 Å². The molecule has 1 aliphatic rings. The maximum Gasteiger partial charge on any atom is 0.224 e. The second kappa shape index (κ2) is 10.6. The molecule has 0 atom stereocenters. The fourth-order valence-electron chi connectivity index (χ4n) is 3.09. The third-order valence-corrected chi connectivity index (χ3v) is 4.48. The second-order valence-corrected chi connectivity index (χ2v) is 6.52. The Hall–Kier alpha value is -2.73. The lowest BCUT2D eigenvalue weighted by atomic mass is 10.2. The molecule has 0 unspecified atom stereocenters. The normalized spacial score (nSPS) is 13.8. The van der Waals surface area contributed by atoms with Gasteiger partial charge in [0.25, 0.3) is 0 Å². The van der Waals surface area contributed by atoms with Gasteiger partial charge in [-0.1, -0.05) is 12.1 Å². The summed E-state index contributed by atoms with van der Waals surface area (Å²) < 4.78 is 16.5. The lowest BCUT2D eigenvalue weighted by molar-refractivity contribution is -0.116. The van der Waals surface area contributed by atoms with E-state index in [1.54, 1.807) is 0 Å². The Morgan fingerprint density at radius 3 is 2.43 bits per heavy atom. The van der Waals surface area contributed by atoms with Crippen LogP contribution in [0.1, 0.15) is 19.8 Å². The molecule has 0 spiro atoms. The molecule has 6 nitrogen and oxygen atoms in total. The van der Waals surface area contributed by atoms with Crippen LogP contribution in [0.15, 0.2) is 48.5 Å². The molecule has 0 bridgehead atoms. The zero-order valence-corrected chi connectivity index (χ0v) is 16.4. The van der Waals surface area contributed by atoms with Gasteiger partial charge in [0.05, 0.1) is 37.8 Å². The van der Waals surface area contributed by atoms with Gasteiger partial charge in [-0.05, 0) is 49.7 Å². The fourth-order valence-corrected chi connectivity index (χ4v) is 3.09. The maximum atomic E-state index is 12.3. The van der Waals surface area contributed by atoms with Crippen LogP contribution in [0.4, 0.5) is 11.4 Å². The molecule has 1 fully saturated rings. The number of carbonyl (C=O) groups excluding carboxylic acids is 1. The summed E-state index contributed by atoms with van der Waals surface area (Å²) in [6.45, 7) is 6.19. The topological polar surface area (TPSA) is 60.0 Å². The summed E-state index contributed by atoms with van der Waals surface area (Å²) in [6, 6.07) is 15.4. The number of morpholine rings is 1. The number of nitrogens with zero attached hydrogens (tertiary/aromatic N) is 1. The van der Waals surface area contributed by atoms with Crippen molar-refractivity contribution in [3.8, 4) is 11.5 Å². The lowest BCUT2D eigenvalue weighted by Crippen LogP contribution is -2.36. The highest BCUT2D eigenvalue weighted by molar-refractivity contribution is 5.94. The standard InChI is InChI=1S/C22H28N2O4/c1-2-27-18-9-11-19(12-10-18)28-15-5-8-22(25)23-20-6-3-4-7-21(20)24-13-16-26-17-14-24/h3-4,6-7,9-12H,2,5,8,13-17H2,1H3,(H,23,25). The number of carbonyl (C=O) groups is 1. The first-order chi connectivity index (χ1) is 13.8. The van der Waals surface area contributed by atoms with Crippen molar-refractivity contribution in [2.45, 2.75) is 19.8 Å². The molecule has 0 aliphatic carbocycles. The number of ether oxygens (including phenoxy) is 3. The van der Waals surface area contributed by atoms with Gasteiger partial charge in [0.2, 0.25) is 5.91 Å². The predicted octanol–water partition coefficient (Wildman–Crippen LogP) is 3.72. The molecule has 150 valence electrons. The maximum absolute atomic E-state index is 12.3. The molecule has 6 heteroatoms. The third kappa shape index (κ3) is 5.89. The average molecular weight is 384 g/mol. The van der Waals surface area contributed by atoms with Crippen LogP contribution in [0, 0.1) is 0 Å². The van der Waals surface area contributed by atoms with E-state index in [1.807, 2.05) is 55.5 Å². The van der Waals surface area contributed by atoms with Gasteiger partial charge in [-0.25, -0.2) is 0 Å². The minimum Gasteiger partial charge on any atom is -0.494 e. The molecule has 1 saturated heterocycles. The van der Waals surface area contributed by atoms with Crippen LogP contribution >= 0.6 is 0 Å². The third-order valence-electron chi connectivity index (χ3n) is 4.48. The van der Waals surface area contributed by atoms with E-state index in [9.17, 15) is 4.79 Å². The molecule has 1 N–H and O–H groups in total. The van der Waals surface area contributed by atoms with Crippen LogP contribution in [0.25, 0.3) is 0 Å². The zero-order chi connectivity index (χ0) is 19.6. The Morgan fingerprint density at radius 1 is 1.04 bits per heavy atom. The quantitative estimate of drug-likeness (QED) is 0.668. The minimum absolute atomic E-state index is 0.00370. The number of benzene rings is 2. The van der Waals surface area contributed by atoms with E-state index in [1.165, 1.54) is 0 Å². The molecule has 0 saturated carbocycles. The van der Waals surface area contributed by atoms with Crippen LogP contribution in [0.5, 0.6) is 11.5 Å². The average Bonchev–Trinajstić information content (AvgIpc) is 2.74. The molecule has 1 aliphatic heterocycles. The smallest absolute Gasteiger partial charge is 0.224 e. The van der Waals surface area contributed by atoms with E-state index < -0.39 is 0 Å². The molecule has 2 aromatic rings. The van der Waals surface area contributed by atoms with E-state index in [2.05, 4.69) is 10.2 Å². The summed E-state index contributed by atoms with van der Waals surface area (Å²) in [5, 5.41) is 3.03. The van der Waals surface area contributed by atoms with Crippen LogP contribution in [-0.4, -0.2) is 45.4 Å². The molecule has 0 radical (unpaired) electrons. The van der Waals surface area contributed by atoms with Gasteiger partial charge < -0.3 is 24.4 Å². The largest absolute Gasteiger partial charge is 0.494 e. The molecule has 0 aromatic heterocycles. The van der Waals surface area contributed by atoms with Gasteiger partial charge >= 0.3 is 0 Å². The van der Waals surface area contributed by atoms with Crippen LogP contribution in [0.3, 0.4) is 0 Å². The first-order valence-corrected chi connectivity index (χ1v) is 9.83. The number of anilines is 2. The Bertz CT molecular complexity index is 742. The van der Waals surface area contributed by atoms with Gasteiger partial charge in [-0.2, -0.15) is 0 Å². The molecule has 3 rings (SSSR count). The second-order valence-electron chi connectivity index (χ2n) is 6.52. The predicted molar refractivity (Wildman–Crippen MR) is 110 cm³/mol. The number of rotatable bonds is 9. The van der Waals surface area contributed by atoms with Gasteiger partial charge in [0.15, 0.2) is 0 Å². The highest BCUT2D eigenvalue weighted by Crippen LogP contribution is 2.26. The molecule has 1 amide bonds. The number of hydrogen-bond donors (Lipinski definition) is 1. The van der Waals surface area contributed by atoms with Gasteiger partial charge in [-0.3, -0.25) is 4.79 Å². The van der Waals surface area contributed by atoms with Crippen molar-refractivity contribution in [3.63, 3.8) is 0 Å². The lowest BCUT2D eigenvalue weighted by Gasteiger charge is -2.30.